The minimum Gasteiger partial charge on any atom is -0.495 e. The quantitative estimate of drug-likeness (QED) is 0.854. The second-order valence-electron chi connectivity index (χ2n) is 4.04. The highest BCUT2D eigenvalue weighted by molar-refractivity contribution is 6.31. The van der Waals surface area contributed by atoms with E-state index < -0.39 is 11.7 Å². The van der Waals surface area contributed by atoms with Crippen LogP contribution in [0.3, 0.4) is 0 Å². The monoisotopic (exact) mass is 294 g/mol. The highest BCUT2D eigenvalue weighted by Crippen LogP contribution is 2.25. The molecular formula is C14H12ClFN2O2. The molecule has 0 atom stereocenters. The van der Waals surface area contributed by atoms with Gasteiger partial charge in [-0.1, -0.05) is 11.6 Å². The average Bonchev–Trinajstić information content (AvgIpc) is 2.43. The van der Waals surface area contributed by atoms with Gasteiger partial charge in [-0.05, 0) is 30.3 Å². The number of carbonyl (C=O) groups excluding carboxylic acids is 1. The lowest BCUT2D eigenvalue weighted by atomic mass is 10.2. The molecule has 0 radical (unpaired) electrons. The number of carbonyl (C=O) groups is 1. The fraction of sp³-hybridized carbons (Fsp3) is 0.0714. The summed E-state index contributed by atoms with van der Waals surface area (Å²) in [5.74, 6) is -0.819. The van der Waals surface area contributed by atoms with Crippen LogP contribution in [0.4, 0.5) is 15.8 Å². The molecule has 3 N–H and O–H groups in total. The summed E-state index contributed by atoms with van der Waals surface area (Å²) in [6.45, 7) is 0. The van der Waals surface area contributed by atoms with Crippen molar-refractivity contribution in [2.24, 2.45) is 0 Å². The Morgan fingerprint density at radius 2 is 2.05 bits per heavy atom. The summed E-state index contributed by atoms with van der Waals surface area (Å²) in [6, 6.07) is 8.51. The lowest BCUT2D eigenvalue weighted by Gasteiger charge is -2.09. The summed E-state index contributed by atoms with van der Waals surface area (Å²) in [5.41, 5.74) is 6.43. The number of hydrogen-bond donors (Lipinski definition) is 2. The number of benzene rings is 2. The van der Waals surface area contributed by atoms with Crippen molar-refractivity contribution in [3.63, 3.8) is 0 Å². The first kappa shape index (κ1) is 14.1. The third kappa shape index (κ3) is 3.00. The molecule has 0 aromatic heterocycles. The maximum atomic E-state index is 13.6. The first-order valence-electron chi connectivity index (χ1n) is 5.71. The number of hydrogen-bond acceptors (Lipinski definition) is 3. The molecule has 1 amide bonds. The molecule has 0 spiro atoms. The van der Waals surface area contributed by atoms with E-state index in [4.69, 9.17) is 22.1 Å². The Balaban J connectivity index is 2.25. The van der Waals surface area contributed by atoms with Crippen molar-refractivity contribution >= 4 is 28.9 Å². The molecule has 0 unspecified atom stereocenters. The van der Waals surface area contributed by atoms with Crippen LogP contribution in [0.25, 0.3) is 0 Å². The van der Waals surface area contributed by atoms with E-state index in [0.717, 1.165) is 6.07 Å². The van der Waals surface area contributed by atoms with Crippen molar-refractivity contribution in [2.45, 2.75) is 0 Å². The fourth-order valence-corrected chi connectivity index (χ4v) is 1.83. The second-order valence-corrected chi connectivity index (χ2v) is 4.47. The van der Waals surface area contributed by atoms with E-state index >= 15 is 0 Å². The van der Waals surface area contributed by atoms with Crippen molar-refractivity contribution in [1.82, 2.24) is 0 Å². The Labute approximate surface area is 120 Å². The summed E-state index contributed by atoms with van der Waals surface area (Å²) >= 11 is 5.75. The summed E-state index contributed by atoms with van der Waals surface area (Å²) in [5, 5.41) is 2.84. The molecule has 0 saturated carbocycles. The van der Waals surface area contributed by atoms with Gasteiger partial charge < -0.3 is 15.8 Å². The predicted octanol–water partition coefficient (Wildman–Crippen LogP) is 3.32. The number of halogens is 2. The Kier molecular flexibility index (Phi) is 4.10. The fourth-order valence-electron chi connectivity index (χ4n) is 1.66. The summed E-state index contributed by atoms with van der Waals surface area (Å²) in [7, 11) is 1.47. The molecule has 0 heterocycles. The van der Waals surface area contributed by atoms with Gasteiger partial charge >= 0.3 is 0 Å². The molecule has 6 heteroatoms. The molecule has 2 aromatic rings. The zero-order chi connectivity index (χ0) is 14.7. The van der Waals surface area contributed by atoms with Crippen LogP contribution in [0.2, 0.25) is 5.02 Å². The highest BCUT2D eigenvalue weighted by atomic mass is 35.5. The van der Waals surface area contributed by atoms with Crippen LogP contribution in [-0.4, -0.2) is 13.0 Å². The summed E-state index contributed by atoms with van der Waals surface area (Å²) < 4.78 is 18.6. The van der Waals surface area contributed by atoms with E-state index in [1.54, 1.807) is 18.2 Å². The van der Waals surface area contributed by atoms with Gasteiger partial charge in [0, 0.05) is 16.8 Å². The molecule has 20 heavy (non-hydrogen) atoms. The van der Waals surface area contributed by atoms with E-state index in [1.165, 1.54) is 19.2 Å². The van der Waals surface area contributed by atoms with Gasteiger partial charge in [0.05, 0.1) is 18.4 Å². The van der Waals surface area contributed by atoms with Gasteiger partial charge in [-0.2, -0.15) is 0 Å². The van der Waals surface area contributed by atoms with Crippen LogP contribution in [0, 0.1) is 5.82 Å². The van der Waals surface area contributed by atoms with Gasteiger partial charge in [0.2, 0.25) is 0 Å². The summed E-state index contributed by atoms with van der Waals surface area (Å²) in [6.07, 6.45) is 0. The Morgan fingerprint density at radius 1 is 1.30 bits per heavy atom. The van der Waals surface area contributed by atoms with Crippen LogP contribution >= 0.6 is 11.6 Å². The Bertz CT molecular complexity index is 662. The van der Waals surface area contributed by atoms with Crippen molar-refractivity contribution in [2.75, 3.05) is 18.2 Å². The molecule has 0 aliphatic heterocycles. The predicted molar refractivity (Wildman–Crippen MR) is 76.8 cm³/mol. The third-order valence-electron chi connectivity index (χ3n) is 2.66. The molecule has 104 valence electrons. The number of methoxy groups -OCH3 is 1. The maximum absolute atomic E-state index is 13.6. The normalized spacial score (nSPS) is 10.2. The first-order chi connectivity index (χ1) is 9.51. The number of ether oxygens (including phenoxy) is 1. The number of nitrogens with two attached hydrogens (primary N) is 1. The van der Waals surface area contributed by atoms with Crippen LogP contribution in [0.5, 0.6) is 5.75 Å². The molecule has 0 aliphatic rings. The van der Waals surface area contributed by atoms with Crippen LogP contribution in [-0.2, 0) is 0 Å². The van der Waals surface area contributed by atoms with E-state index in [2.05, 4.69) is 5.32 Å². The van der Waals surface area contributed by atoms with Gasteiger partial charge in [0.15, 0.2) is 0 Å². The molecule has 0 saturated heterocycles. The molecule has 0 aliphatic carbocycles. The molecule has 0 bridgehead atoms. The van der Waals surface area contributed by atoms with Gasteiger partial charge in [-0.25, -0.2) is 4.39 Å². The van der Waals surface area contributed by atoms with Crippen LogP contribution < -0.4 is 15.8 Å². The zero-order valence-corrected chi connectivity index (χ0v) is 11.4. The summed E-state index contributed by atoms with van der Waals surface area (Å²) in [4.78, 5) is 12.0. The standard InChI is InChI=1S/C14H12ClFN2O2/c1-20-13-7-9(3-5-12(13)17)18-14(19)10-6-8(15)2-4-11(10)16/h2-7H,17H2,1H3,(H,18,19). The van der Waals surface area contributed by atoms with Crippen molar-refractivity contribution < 1.29 is 13.9 Å². The molecule has 0 fully saturated rings. The van der Waals surface area contributed by atoms with E-state index in [-0.39, 0.29) is 10.6 Å². The number of anilines is 2. The molecule has 4 nitrogen and oxygen atoms in total. The zero-order valence-electron chi connectivity index (χ0n) is 10.6. The van der Waals surface area contributed by atoms with Crippen LogP contribution in [0.15, 0.2) is 36.4 Å². The first-order valence-corrected chi connectivity index (χ1v) is 6.09. The second kappa shape index (κ2) is 5.79. The van der Waals surface area contributed by atoms with Crippen molar-refractivity contribution in [1.29, 1.82) is 0 Å². The van der Waals surface area contributed by atoms with E-state index in [1.807, 2.05) is 0 Å². The average molecular weight is 295 g/mol. The van der Waals surface area contributed by atoms with E-state index in [0.29, 0.717) is 17.1 Å². The Hall–Kier alpha value is -2.27. The SMILES string of the molecule is COc1cc(NC(=O)c2cc(Cl)ccc2F)ccc1N. The number of amides is 1. The number of rotatable bonds is 3. The van der Waals surface area contributed by atoms with Gasteiger partial charge in [-0.3, -0.25) is 4.79 Å². The highest BCUT2D eigenvalue weighted by Gasteiger charge is 2.13. The topological polar surface area (TPSA) is 64.3 Å². The largest absolute Gasteiger partial charge is 0.495 e. The van der Waals surface area contributed by atoms with Gasteiger partial charge in [0.25, 0.3) is 5.91 Å². The maximum Gasteiger partial charge on any atom is 0.258 e. The van der Waals surface area contributed by atoms with Gasteiger partial charge in [0.1, 0.15) is 11.6 Å². The van der Waals surface area contributed by atoms with E-state index in [9.17, 15) is 9.18 Å². The van der Waals surface area contributed by atoms with Crippen LogP contribution in [0.1, 0.15) is 10.4 Å². The lowest BCUT2D eigenvalue weighted by molar-refractivity contribution is 0.102. The van der Waals surface area contributed by atoms with Crippen molar-refractivity contribution in [3.05, 3.63) is 52.8 Å². The Morgan fingerprint density at radius 3 is 2.75 bits per heavy atom. The number of nitrogens with one attached hydrogen (secondary N) is 1. The molecule has 2 aromatic carbocycles. The van der Waals surface area contributed by atoms with Gasteiger partial charge in [-0.15, -0.1) is 0 Å². The number of nitrogen functional groups attached to an aromatic ring is 1. The molecular weight excluding hydrogens is 283 g/mol. The van der Waals surface area contributed by atoms with Crippen molar-refractivity contribution in [3.8, 4) is 5.75 Å². The minimum absolute atomic E-state index is 0.131. The smallest absolute Gasteiger partial charge is 0.258 e. The third-order valence-corrected chi connectivity index (χ3v) is 2.90. The lowest BCUT2D eigenvalue weighted by Crippen LogP contribution is -2.14. The molecule has 2 rings (SSSR count). The minimum atomic E-state index is -0.644.